The lowest BCUT2D eigenvalue weighted by Gasteiger charge is -2.38. The van der Waals surface area contributed by atoms with Crippen LogP contribution in [-0.2, 0) is 9.53 Å². The molecular weight excluding hydrogens is 168 g/mol. The molecule has 0 spiro atoms. The van der Waals surface area contributed by atoms with Crippen molar-refractivity contribution in [1.82, 2.24) is 10.6 Å². The summed E-state index contributed by atoms with van der Waals surface area (Å²) in [6, 6.07) is 0. The van der Waals surface area contributed by atoms with Crippen molar-refractivity contribution in [3.8, 4) is 0 Å². The standard InChI is InChI=1S/C9H16N2O2/c1-4-8(12)11-9(3)6-10-5-7(2)13-9/h4,7,10H,1,5-6H2,2-3H3,(H,11,12). The van der Waals surface area contributed by atoms with Gasteiger partial charge in [0.1, 0.15) is 0 Å². The van der Waals surface area contributed by atoms with Gasteiger partial charge in [0.15, 0.2) is 5.72 Å². The van der Waals surface area contributed by atoms with Crippen LogP contribution in [0.4, 0.5) is 0 Å². The zero-order valence-electron chi connectivity index (χ0n) is 8.09. The van der Waals surface area contributed by atoms with E-state index in [1.807, 2.05) is 13.8 Å². The topological polar surface area (TPSA) is 50.4 Å². The molecule has 1 rings (SSSR count). The molecule has 1 heterocycles. The van der Waals surface area contributed by atoms with E-state index in [2.05, 4.69) is 17.2 Å². The predicted molar refractivity (Wildman–Crippen MR) is 50.2 cm³/mol. The van der Waals surface area contributed by atoms with Gasteiger partial charge in [-0.2, -0.15) is 0 Å². The molecule has 2 unspecified atom stereocenters. The molecule has 13 heavy (non-hydrogen) atoms. The molecule has 0 aromatic rings. The maximum absolute atomic E-state index is 11.1. The van der Waals surface area contributed by atoms with Gasteiger partial charge in [-0.15, -0.1) is 0 Å². The van der Waals surface area contributed by atoms with Crippen LogP contribution in [0.5, 0.6) is 0 Å². The van der Waals surface area contributed by atoms with Gasteiger partial charge in [0, 0.05) is 13.1 Å². The molecule has 2 atom stereocenters. The van der Waals surface area contributed by atoms with Crippen LogP contribution in [0.15, 0.2) is 12.7 Å². The smallest absolute Gasteiger partial charge is 0.245 e. The van der Waals surface area contributed by atoms with Gasteiger partial charge in [-0.05, 0) is 19.9 Å². The first-order valence-corrected chi connectivity index (χ1v) is 4.39. The fourth-order valence-corrected chi connectivity index (χ4v) is 1.43. The zero-order valence-corrected chi connectivity index (χ0v) is 8.09. The van der Waals surface area contributed by atoms with Gasteiger partial charge in [-0.1, -0.05) is 6.58 Å². The number of rotatable bonds is 2. The monoisotopic (exact) mass is 184 g/mol. The molecule has 1 saturated heterocycles. The first kappa shape index (κ1) is 10.2. The Labute approximate surface area is 78.3 Å². The number of hydrogen-bond donors (Lipinski definition) is 2. The normalized spacial score (nSPS) is 33.8. The Hall–Kier alpha value is -0.870. The Morgan fingerprint density at radius 3 is 3.08 bits per heavy atom. The highest BCUT2D eigenvalue weighted by molar-refractivity contribution is 5.87. The van der Waals surface area contributed by atoms with Crippen molar-refractivity contribution >= 4 is 5.91 Å². The summed E-state index contributed by atoms with van der Waals surface area (Å²) in [5.41, 5.74) is -0.608. The van der Waals surface area contributed by atoms with E-state index in [0.29, 0.717) is 6.54 Å². The summed E-state index contributed by atoms with van der Waals surface area (Å²) in [5, 5.41) is 5.91. The van der Waals surface area contributed by atoms with E-state index >= 15 is 0 Å². The van der Waals surface area contributed by atoms with Crippen LogP contribution in [0.3, 0.4) is 0 Å². The maximum Gasteiger partial charge on any atom is 0.245 e. The van der Waals surface area contributed by atoms with Gasteiger partial charge in [0.05, 0.1) is 6.10 Å². The molecule has 4 heteroatoms. The Morgan fingerprint density at radius 2 is 2.54 bits per heavy atom. The summed E-state index contributed by atoms with van der Waals surface area (Å²) in [6.45, 7) is 8.64. The van der Waals surface area contributed by atoms with Crippen LogP contribution in [-0.4, -0.2) is 30.8 Å². The van der Waals surface area contributed by atoms with Crippen LogP contribution in [0, 0.1) is 0 Å². The summed E-state index contributed by atoms with van der Waals surface area (Å²) >= 11 is 0. The number of amides is 1. The van der Waals surface area contributed by atoms with Gasteiger partial charge in [0.25, 0.3) is 0 Å². The average Bonchev–Trinajstić information content (AvgIpc) is 2.02. The maximum atomic E-state index is 11.1. The Kier molecular flexibility index (Phi) is 3.06. The SMILES string of the molecule is C=CC(=O)NC1(C)CNCC(C)O1. The molecule has 0 bridgehead atoms. The number of nitrogens with one attached hydrogen (secondary N) is 2. The van der Waals surface area contributed by atoms with Crippen molar-refractivity contribution in [3.05, 3.63) is 12.7 Å². The number of carbonyl (C=O) groups excluding carboxylic acids is 1. The molecule has 4 nitrogen and oxygen atoms in total. The Morgan fingerprint density at radius 1 is 1.85 bits per heavy atom. The Bertz CT molecular complexity index is 218. The predicted octanol–water partition coefficient (Wildman–Crippen LogP) is 0.0131. The van der Waals surface area contributed by atoms with Crippen molar-refractivity contribution in [2.75, 3.05) is 13.1 Å². The molecule has 1 fully saturated rings. The van der Waals surface area contributed by atoms with Crippen molar-refractivity contribution in [2.45, 2.75) is 25.7 Å². The molecule has 2 N–H and O–H groups in total. The van der Waals surface area contributed by atoms with Crippen molar-refractivity contribution in [1.29, 1.82) is 0 Å². The van der Waals surface area contributed by atoms with Gasteiger partial charge in [0.2, 0.25) is 5.91 Å². The third kappa shape index (κ3) is 2.82. The van der Waals surface area contributed by atoms with Crippen molar-refractivity contribution in [2.24, 2.45) is 0 Å². The molecule has 0 aromatic heterocycles. The van der Waals surface area contributed by atoms with Crippen molar-refractivity contribution in [3.63, 3.8) is 0 Å². The highest BCUT2D eigenvalue weighted by Gasteiger charge is 2.31. The van der Waals surface area contributed by atoms with E-state index in [1.165, 1.54) is 6.08 Å². The van der Waals surface area contributed by atoms with Crippen molar-refractivity contribution < 1.29 is 9.53 Å². The molecule has 0 saturated carbocycles. The molecule has 1 aliphatic rings. The second-order valence-electron chi connectivity index (χ2n) is 3.48. The van der Waals surface area contributed by atoms with Crippen LogP contribution >= 0.6 is 0 Å². The fraction of sp³-hybridized carbons (Fsp3) is 0.667. The summed E-state index contributed by atoms with van der Waals surface area (Å²) in [6.07, 6.45) is 1.36. The second kappa shape index (κ2) is 3.89. The second-order valence-corrected chi connectivity index (χ2v) is 3.48. The number of hydrogen-bond acceptors (Lipinski definition) is 3. The molecule has 0 aliphatic carbocycles. The minimum Gasteiger partial charge on any atom is -0.350 e. The van der Waals surface area contributed by atoms with E-state index in [4.69, 9.17) is 4.74 Å². The highest BCUT2D eigenvalue weighted by atomic mass is 16.5. The first-order chi connectivity index (χ1) is 6.06. The van der Waals surface area contributed by atoms with E-state index < -0.39 is 5.72 Å². The third-order valence-electron chi connectivity index (χ3n) is 1.93. The average molecular weight is 184 g/mol. The largest absolute Gasteiger partial charge is 0.350 e. The van der Waals surface area contributed by atoms with Crippen LogP contribution < -0.4 is 10.6 Å². The van der Waals surface area contributed by atoms with Crippen LogP contribution in [0.1, 0.15) is 13.8 Å². The molecule has 1 aliphatic heterocycles. The summed E-state index contributed by atoms with van der Waals surface area (Å²) in [7, 11) is 0. The molecule has 74 valence electrons. The third-order valence-corrected chi connectivity index (χ3v) is 1.93. The zero-order chi connectivity index (χ0) is 9.90. The lowest BCUT2D eigenvalue weighted by Crippen LogP contribution is -2.60. The summed E-state index contributed by atoms with van der Waals surface area (Å²) in [5.74, 6) is -0.210. The van der Waals surface area contributed by atoms with Crippen LogP contribution in [0.2, 0.25) is 0 Å². The van der Waals surface area contributed by atoms with E-state index in [0.717, 1.165) is 6.54 Å². The number of carbonyl (C=O) groups is 1. The first-order valence-electron chi connectivity index (χ1n) is 4.39. The number of ether oxygens (including phenoxy) is 1. The van der Waals surface area contributed by atoms with Gasteiger partial charge < -0.3 is 15.4 Å². The fourth-order valence-electron chi connectivity index (χ4n) is 1.43. The molecule has 0 aromatic carbocycles. The quantitative estimate of drug-likeness (QED) is 0.594. The van der Waals surface area contributed by atoms with E-state index in [1.54, 1.807) is 0 Å². The lowest BCUT2D eigenvalue weighted by molar-refractivity contribution is -0.141. The summed E-state index contributed by atoms with van der Waals surface area (Å²) < 4.78 is 5.60. The van der Waals surface area contributed by atoms with E-state index in [9.17, 15) is 4.79 Å². The number of morpholine rings is 1. The lowest BCUT2D eigenvalue weighted by atomic mass is 10.2. The molecule has 0 radical (unpaired) electrons. The van der Waals surface area contributed by atoms with Gasteiger partial charge >= 0.3 is 0 Å². The van der Waals surface area contributed by atoms with Gasteiger partial charge in [-0.25, -0.2) is 0 Å². The van der Waals surface area contributed by atoms with Crippen LogP contribution in [0.25, 0.3) is 0 Å². The van der Waals surface area contributed by atoms with E-state index in [-0.39, 0.29) is 12.0 Å². The highest BCUT2D eigenvalue weighted by Crippen LogP contribution is 2.12. The van der Waals surface area contributed by atoms with Gasteiger partial charge in [-0.3, -0.25) is 4.79 Å². The summed E-state index contributed by atoms with van der Waals surface area (Å²) in [4.78, 5) is 11.1. The molecular formula is C9H16N2O2. The minimum atomic E-state index is -0.608. The Balaban J connectivity index is 2.53. The molecule has 1 amide bonds. The minimum absolute atomic E-state index is 0.115.